The molecule has 0 bridgehead atoms. The Morgan fingerprint density at radius 2 is 1.81 bits per heavy atom. The van der Waals surface area contributed by atoms with Crippen LogP contribution in [0.5, 0.6) is 0 Å². The van der Waals surface area contributed by atoms with Crippen molar-refractivity contribution >= 4 is 39.9 Å². The number of hydrogen-bond donors (Lipinski definition) is 1. The van der Waals surface area contributed by atoms with E-state index in [0.717, 1.165) is 0 Å². The zero-order valence-electron chi connectivity index (χ0n) is 8.29. The van der Waals surface area contributed by atoms with Crippen molar-refractivity contribution in [1.29, 1.82) is 0 Å². The van der Waals surface area contributed by atoms with Crippen molar-refractivity contribution in [3.8, 4) is 0 Å². The number of nitrogens with zero attached hydrogens (tertiary/aromatic N) is 2. The number of hydrogen-bond acceptors (Lipinski definition) is 3. The van der Waals surface area contributed by atoms with Crippen LogP contribution in [0.2, 0.25) is 10.3 Å². The molecule has 0 aliphatic rings. The smallest absolute Gasteiger partial charge is 0.251 e. The van der Waals surface area contributed by atoms with Gasteiger partial charge in [-0.1, -0.05) is 29.3 Å². The molecule has 0 aliphatic carbocycles. The first-order valence-electron chi connectivity index (χ1n) is 4.47. The van der Waals surface area contributed by atoms with Crippen LogP contribution in [-0.4, -0.2) is 23.2 Å². The fourth-order valence-corrected chi connectivity index (χ4v) is 1.77. The maximum atomic E-state index is 11.4. The van der Waals surface area contributed by atoms with Gasteiger partial charge >= 0.3 is 0 Å². The Balaban J connectivity index is 2.70. The molecule has 2 rings (SSSR count). The van der Waals surface area contributed by atoms with Crippen molar-refractivity contribution < 1.29 is 4.79 Å². The number of nitrogens with one attached hydrogen (secondary N) is 1. The van der Waals surface area contributed by atoms with E-state index in [2.05, 4.69) is 15.5 Å². The van der Waals surface area contributed by atoms with Crippen molar-refractivity contribution in [2.24, 2.45) is 0 Å². The minimum atomic E-state index is -0.189. The lowest BCUT2D eigenvalue weighted by Crippen LogP contribution is -2.17. The number of aromatic nitrogens is 2. The first-order valence-corrected chi connectivity index (χ1v) is 5.22. The molecule has 1 amide bonds. The van der Waals surface area contributed by atoms with Crippen LogP contribution in [0.4, 0.5) is 0 Å². The Labute approximate surface area is 102 Å². The Morgan fingerprint density at radius 3 is 2.44 bits per heavy atom. The third kappa shape index (κ3) is 1.81. The largest absolute Gasteiger partial charge is 0.355 e. The van der Waals surface area contributed by atoms with Crippen LogP contribution >= 0.6 is 23.2 Å². The first-order chi connectivity index (χ1) is 7.63. The van der Waals surface area contributed by atoms with E-state index in [-0.39, 0.29) is 16.2 Å². The molecule has 0 fully saturated rings. The van der Waals surface area contributed by atoms with Crippen molar-refractivity contribution in [3.05, 3.63) is 34.1 Å². The molecule has 0 saturated heterocycles. The number of halogens is 2. The summed E-state index contributed by atoms with van der Waals surface area (Å²) < 4.78 is 0. The van der Waals surface area contributed by atoms with Crippen LogP contribution in [0.3, 0.4) is 0 Å². The molecule has 1 N–H and O–H groups in total. The molecule has 0 unspecified atom stereocenters. The average Bonchev–Trinajstić information content (AvgIpc) is 2.32. The van der Waals surface area contributed by atoms with Gasteiger partial charge in [0, 0.05) is 23.4 Å². The van der Waals surface area contributed by atoms with E-state index in [0.29, 0.717) is 16.3 Å². The number of fused-ring (bicyclic) bond motifs is 1. The molecule has 1 aromatic carbocycles. The van der Waals surface area contributed by atoms with Gasteiger partial charge in [-0.05, 0) is 12.1 Å². The first kappa shape index (κ1) is 11.1. The van der Waals surface area contributed by atoms with Crippen LogP contribution in [0.15, 0.2) is 18.2 Å². The van der Waals surface area contributed by atoms with E-state index in [4.69, 9.17) is 23.2 Å². The summed E-state index contributed by atoms with van der Waals surface area (Å²) in [4.78, 5) is 11.4. The molecule has 0 radical (unpaired) electrons. The van der Waals surface area contributed by atoms with Crippen molar-refractivity contribution in [1.82, 2.24) is 15.5 Å². The lowest BCUT2D eigenvalue weighted by atomic mass is 10.1. The number of carbonyl (C=O) groups is 1. The number of carbonyl (C=O) groups excluding carboxylic acids is 1. The second-order valence-corrected chi connectivity index (χ2v) is 3.84. The fraction of sp³-hybridized carbons (Fsp3) is 0.100. The summed E-state index contributed by atoms with van der Waals surface area (Å²) >= 11 is 11.7. The van der Waals surface area contributed by atoms with Gasteiger partial charge in [-0.15, -0.1) is 10.2 Å². The summed E-state index contributed by atoms with van der Waals surface area (Å²) in [7, 11) is 1.56. The molecule has 0 spiro atoms. The molecule has 1 heterocycles. The summed E-state index contributed by atoms with van der Waals surface area (Å²) in [5.41, 5.74) is 0.501. The van der Waals surface area contributed by atoms with Gasteiger partial charge in [-0.3, -0.25) is 4.79 Å². The normalized spacial score (nSPS) is 10.4. The molecule has 4 nitrogen and oxygen atoms in total. The predicted octanol–water partition coefficient (Wildman–Crippen LogP) is 2.30. The van der Waals surface area contributed by atoms with Gasteiger partial charge in [0.25, 0.3) is 5.91 Å². The molecule has 6 heteroatoms. The van der Waals surface area contributed by atoms with Gasteiger partial charge in [0.15, 0.2) is 10.3 Å². The average molecular weight is 256 g/mol. The second kappa shape index (κ2) is 4.23. The van der Waals surface area contributed by atoms with Crippen molar-refractivity contribution in [2.45, 2.75) is 0 Å². The van der Waals surface area contributed by atoms with Crippen LogP contribution in [0.25, 0.3) is 10.8 Å². The number of amides is 1. The number of benzene rings is 1. The van der Waals surface area contributed by atoms with Gasteiger partial charge in [0.1, 0.15) is 0 Å². The van der Waals surface area contributed by atoms with Gasteiger partial charge in [0.05, 0.1) is 0 Å². The van der Waals surface area contributed by atoms with Gasteiger partial charge in [-0.2, -0.15) is 0 Å². The van der Waals surface area contributed by atoms with Gasteiger partial charge in [0.2, 0.25) is 0 Å². The molecular weight excluding hydrogens is 249 g/mol. The zero-order valence-corrected chi connectivity index (χ0v) is 9.80. The summed E-state index contributed by atoms with van der Waals surface area (Å²) in [6.45, 7) is 0. The SMILES string of the molecule is CNC(=O)c1ccc2c(Cl)nnc(Cl)c2c1. The highest BCUT2D eigenvalue weighted by molar-refractivity contribution is 6.38. The fourth-order valence-electron chi connectivity index (χ4n) is 1.38. The van der Waals surface area contributed by atoms with E-state index in [9.17, 15) is 4.79 Å². The zero-order chi connectivity index (χ0) is 11.7. The molecular formula is C10H7Cl2N3O. The molecule has 1 aromatic heterocycles. The highest BCUT2D eigenvalue weighted by Gasteiger charge is 2.09. The predicted molar refractivity (Wildman–Crippen MR) is 62.9 cm³/mol. The third-order valence-electron chi connectivity index (χ3n) is 2.18. The maximum absolute atomic E-state index is 11.4. The quantitative estimate of drug-likeness (QED) is 0.851. The van der Waals surface area contributed by atoms with Crippen molar-refractivity contribution in [2.75, 3.05) is 7.05 Å². The van der Waals surface area contributed by atoms with E-state index < -0.39 is 0 Å². The Bertz CT molecular complexity index is 571. The van der Waals surface area contributed by atoms with Crippen LogP contribution in [0, 0.1) is 0 Å². The van der Waals surface area contributed by atoms with Crippen LogP contribution < -0.4 is 5.32 Å². The molecule has 0 saturated carbocycles. The number of rotatable bonds is 1. The molecule has 2 aromatic rings. The lowest BCUT2D eigenvalue weighted by molar-refractivity contribution is 0.0963. The molecule has 82 valence electrons. The molecule has 0 aliphatic heterocycles. The monoisotopic (exact) mass is 255 g/mol. The molecule has 0 atom stereocenters. The Hall–Kier alpha value is -1.39. The van der Waals surface area contributed by atoms with Crippen molar-refractivity contribution in [3.63, 3.8) is 0 Å². The second-order valence-electron chi connectivity index (χ2n) is 3.12. The summed E-state index contributed by atoms with van der Waals surface area (Å²) in [6, 6.07) is 4.99. The minimum Gasteiger partial charge on any atom is -0.355 e. The Morgan fingerprint density at radius 1 is 1.19 bits per heavy atom. The standard InChI is InChI=1S/C10H7Cl2N3O/c1-13-10(16)5-2-3-6-7(4-5)9(12)15-14-8(6)11/h2-4H,1H3,(H,13,16). The minimum absolute atomic E-state index is 0.189. The highest BCUT2D eigenvalue weighted by Crippen LogP contribution is 2.26. The van der Waals surface area contributed by atoms with Crippen LogP contribution in [0.1, 0.15) is 10.4 Å². The van der Waals surface area contributed by atoms with E-state index in [1.807, 2.05) is 0 Å². The van der Waals surface area contributed by atoms with E-state index in [1.54, 1.807) is 25.2 Å². The third-order valence-corrected chi connectivity index (χ3v) is 2.74. The summed E-state index contributed by atoms with van der Waals surface area (Å²) in [5, 5.41) is 11.7. The van der Waals surface area contributed by atoms with Crippen LogP contribution in [-0.2, 0) is 0 Å². The summed E-state index contributed by atoms with van der Waals surface area (Å²) in [5.74, 6) is -0.189. The highest BCUT2D eigenvalue weighted by atomic mass is 35.5. The summed E-state index contributed by atoms with van der Waals surface area (Å²) in [6.07, 6.45) is 0. The Kier molecular flexibility index (Phi) is 2.94. The van der Waals surface area contributed by atoms with Gasteiger partial charge in [-0.25, -0.2) is 0 Å². The topological polar surface area (TPSA) is 54.9 Å². The van der Waals surface area contributed by atoms with Gasteiger partial charge < -0.3 is 5.32 Å². The lowest BCUT2D eigenvalue weighted by Gasteiger charge is -2.04. The van der Waals surface area contributed by atoms with E-state index in [1.165, 1.54) is 0 Å². The molecule has 16 heavy (non-hydrogen) atoms. The van der Waals surface area contributed by atoms with E-state index >= 15 is 0 Å². The maximum Gasteiger partial charge on any atom is 0.251 e.